The van der Waals surface area contributed by atoms with Crippen LogP contribution in [0.3, 0.4) is 0 Å². The lowest BCUT2D eigenvalue weighted by molar-refractivity contribution is -0.297. The zero-order valence-corrected chi connectivity index (χ0v) is 21.3. The number of aromatic nitrogens is 1. The maximum Gasteiger partial charge on any atom is 0.144 e. The smallest absolute Gasteiger partial charge is 0.144 e. The number of unbranched alkanes of at least 4 members (excludes halogenated alkanes) is 3. The maximum atomic E-state index is 11.1. The monoisotopic (exact) mass is 517 g/mol. The van der Waals surface area contributed by atoms with Gasteiger partial charge in [0.1, 0.15) is 17.2 Å². The largest absolute Gasteiger partial charge is 0.545 e. The fourth-order valence-corrected chi connectivity index (χ4v) is 3.95. The van der Waals surface area contributed by atoms with Gasteiger partial charge in [-0.1, -0.05) is 43.2 Å². The summed E-state index contributed by atoms with van der Waals surface area (Å²) in [4.78, 5) is 26.5. The van der Waals surface area contributed by atoms with Crippen LogP contribution in [0.25, 0.3) is 6.08 Å². The van der Waals surface area contributed by atoms with Crippen molar-refractivity contribution in [3.05, 3.63) is 94.8 Å². The molecule has 0 fully saturated rings. The molecule has 1 N–H and O–H groups in total. The van der Waals surface area contributed by atoms with Crippen LogP contribution in [0.2, 0.25) is 0 Å². The second-order valence-electron chi connectivity index (χ2n) is 8.83. The number of aliphatic hydroxyl groups is 1. The van der Waals surface area contributed by atoms with Crippen LogP contribution in [0.15, 0.2) is 66.7 Å². The van der Waals surface area contributed by atoms with Crippen molar-refractivity contribution in [3.63, 3.8) is 0 Å². The Balaban J connectivity index is 1.53. The number of carboxylic acids is 2. The van der Waals surface area contributed by atoms with Crippen molar-refractivity contribution in [3.8, 4) is 11.5 Å². The number of ether oxygens (including phenoxy) is 2. The van der Waals surface area contributed by atoms with E-state index in [-0.39, 0.29) is 12.0 Å². The van der Waals surface area contributed by atoms with E-state index in [1.54, 1.807) is 25.3 Å². The summed E-state index contributed by atoms with van der Waals surface area (Å²) in [7, 11) is 1.65. The molecule has 1 aromatic heterocycles. The fraction of sp³-hybridized carbons (Fsp3) is 0.300. The molecule has 0 amide bonds. The van der Waals surface area contributed by atoms with E-state index in [2.05, 4.69) is 17.1 Å². The summed E-state index contributed by atoms with van der Waals surface area (Å²) in [5.74, 6) is -1.41. The number of rotatable bonds is 15. The van der Waals surface area contributed by atoms with Crippen LogP contribution < -0.4 is 19.7 Å². The van der Waals surface area contributed by atoms with Gasteiger partial charge < -0.3 is 34.4 Å². The molecular formula is C30H31NO7-2. The van der Waals surface area contributed by atoms with Crippen LogP contribution in [0.5, 0.6) is 11.5 Å². The molecule has 1 unspecified atom stereocenters. The van der Waals surface area contributed by atoms with Gasteiger partial charge in [0.15, 0.2) is 0 Å². The molecule has 3 aromatic rings. The second-order valence-corrected chi connectivity index (χ2v) is 8.83. The fourth-order valence-electron chi connectivity index (χ4n) is 3.95. The zero-order chi connectivity index (χ0) is 27.3. The number of pyridine rings is 1. The van der Waals surface area contributed by atoms with E-state index < -0.39 is 18.0 Å². The van der Waals surface area contributed by atoms with Crippen LogP contribution in [0, 0.1) is 0 Å². The Kier molecular flexibility index (Phi) is 10.9. The zero-order valence-electron chi connectivity index (χ0n) is 21.3. The second kappa shape index (κ2) is 14.5. The van der Waals surface area contributed by atoms with Crippen molar-refractivity contribution in [2.45, 2.75) is 44.6 Å². The van der Waals surface area contributed by atoms with Gasteiger partial charge in [-0.2, -0.15) is 0 Å². The number of aliphatic carboxylic acids is 1. The predicted molar refractivity (Wildman–Crippen MR) is 138 cm³/mol. The average molecular weight is 518 g/mol. The molecule has 0 saturated heterocycles. The van der Waals surface area contributed by atoms with Gasteiger partial charge in [0.2, 0.25) is 0 Å². The highest BCUT2D eigenvalue weighted by Gasteiger charge is 2.13. The van der Waals surface area contributed by atoms with E-state index >= 15 is 0 Å². The molecule has 0 radical (unpaired) electrons. The van der Waals surface area contributed by atoms with Crippen molar-refractivity contribution in [2.24, 2.45) is 0 Å². The molecule has 200 valence electrons. The molecule has 38 heavy (non-hydrogen) atoms. The van der Waals surface area contributed by atoms with Crippen molar-refractivity contribution in [2.75, 3.05) is 13.7 Å². The van der Waals surface area contributed by atoms with Crippen LogP contribution in [0.1, 0.15) is 64.7 Å². The molecule has 1 heterocycles. The van der Waals surface area contributed by atoms with E-state index in [1.165, 1.54) is 29.8 Å². The van der Waals surface area contributed by atoms with Gasteiger partial charge >= 0.3 is 0 Å². The first-order valence-electron chi connectivity index (χ1n) is 12.5. The van der Waals surface area contributed by atoms with Crippen molar-refractivity contribution < 1.29 is 34.4 Å². The standard InChI is InChI=1S/C30H33NO7/c1-37-25-13-10-21(11-14-25)7-4-2-3-5-18-38-28-16-12-24(31-26(28)15-17-29(33)34)20-27(32)22-8-6-9-23(19-22)30(35)36/h6,8-17,19,27,32H,2-5,7,18,20H2,1H3,(H,33,34)(H,35,36)/p-2/b17-15+. The van der Waals surface area contributed by atoms with Crippen LogP contribution in [-0.4, -0.2) is 35.7 Å². The lowest BCUT2D eigenvalue weighted by atomic mass is 10.0. The predicted octanol–water partition coefficient (Wildman–Crippen LogP) is 2.67. The van der Waals surface area contributed by atoms with Crippen molar-refractivity contribution in [1.82, 2.24) is 4.98 Å². The van der Waals surface area contributed by atoms with E-state index in [9.17, 15) is 24.9 Å². The van der Waals surface area contributed by atoms with E-state index in [4.69, 9.17) is 9.47 Å². The first-order valence-corrected chi connectivity index (χ1v) is 12.5. The molecule has 3 rings (SSSR count). The Morgan fingerprint density at radius 1 is 1.00 bits per heavy atom. The molecule has 0 saturated carbocycles. The van der Waals surface area contributed by atoms with E-state index in [0.717, 1.165) is 43.9 Å². The number of aryl methyl sites for hydroxylation is 1. The lowest BCUT2D eigenvalue weighted by Crippen LogP contribution is -2.22. The van der Waals surface area contributed by atoms with Gasteiger partial charge in [-0.3, -0.25) is 0 Å². The SMILES string of the molecule is COc1ccc(CCCCCCOc2ccc(CC(O)c3cccc(C(=O)[O-])c3)nc2/C=C/C(=O)[O-])cc1. The van der Waals surface area contributed by atoms with Crippen molar-refractivity contribution >= 4 is 18.0 Å². The Hall–Kier alpha value is -4.17. The minimum Gasteiger partial charge on any atom is -0.545 e. The van der Waals surface area contributed by atoms with Crippen LogP contribution in [0.4, 0.5) is 0 Å². The normalized spacial score (nSPS) is 11.8. The summed E-state index contributed by atoms with van der Waals surface area (Å²) in [6.45, 7) is 0.453. The van der Waals surface area contributed by atoms with Gasteiger partial charge in [0.25, 0.3) is 0 Å². The highest BCUT2D eigenvalue weighted by atomic mass is 16.5. The average Bonchev–Trinajstić information content (AvgIpc) is 2.92. The highest BCUT2D eigenvalue weighted by Crippen LogP contribution is 2.23. The summed E-state index contributed by atoms with van der Waals surface area (Å²) in [5, 5.41) is 32.6. The van der Waals surface area contributed by atoms with Crippen molar-refractivity contribution in [1.29, 1.82) is 0 Å². The summed E-state index contributed by atoms with van der Waals surface area (Å²) in [6, 6.07) is 17.3. The molecule has 0 aliphatic rings. The summed E-state index contributed by atoms with van der Waals surface area (Å²) in [5.41, 5.74) is 2.45. The Morgan fingerprint density at radius 3 is 2.47 bits per heavy atom. The number of methoxy groups -OCH3 is 1. The Labute approximate surface area is 222 Å². The van der Waals surface area contributed by atoms with E-state index in [1.807, 2.05) is 12.1 Å². The molecule has 0 aliphatic heterocycles. The highest BCUT2D eigenvalue weighted by molar-refractivity contribution is 5.86. The number of aromatic carboxylic acids is 1. The third-order valence-electron chi connectivity index (χ3n) is 6.01. The van der Waals surface area contributed by atoms with Crippen LogP contribution >= 0.6 is 0 Å². The first-order chi connectivity index (χ1) is 18.4. The summed E-state index contributed by atoms with van der Waals surface area (Å²) >= 11 is 0. The number of benzene rings is 2. The van der Waals surface area contributed by atoms with Gasteiger partial charge in [-0.15, -0.1) is 0 Å². The topological polar surface area (TPSA) is 132 Å². The number of carboxylic acid groups (broad SMARTS) is 2. The summed E-state index contributed by atoms with van der Waals surface area (Å²) in [6.07, 6.45) is 6.20. The van der Waals surface area contributed by atoms with Gasteiger partial charge in [-0.05, 0) is 78.4 Å². The van der Waals surface area contributed by atoms with Gasteiger partial charge in [-0.25, -0.2) is 4.98 Å². The minimum absolute atomic E-state index is 0.0310. The quantitative estimate of drug-likeness (QED) is 0.240. The molecule has 0 spiro atoms. The third-order valence-corrected chi connectivity index (χ3v) is 6.01. The molecule has 0 bridgehead atoms. The van der Waals surface area contributed by atoms with Crippen LogP contribution in [-0.2, 0) is 17.6 Å². The molecule has 0 aliphatic carbocycles. The number of carbonyl (C=O) groups is 2. The number of nitrogens with zero attached hydrogens (tertiary/aromatic N) is 1. The number of hydrogen-bond donors (Lipinski definition) is 1. The molecular weight excluding hydrogens is 486 g/mol. The van der Waals surface area contributed by atoms with Gasteiger partial charge in [0, 0.05) is 12.1 Å². The molecule has 8 nitrogen and oxygen atoms in total. The minimum atomic E-state index is -1.36. The maximum absolute atomic E-state index is 11.1. The lowest BCUT2D eigenvalue weighted by Gasteiger charge is -2.14. The number of carbonyl (C=O) groups excluding carboxylic acids is 2. The van der Waals surface area contributed by atoms with Gasteiger partial charge in [0.05, 0.1) is 31.8 Å². The first kappa shape index (κ1) is 28.4. The summed E-state index contributed by atoms with van der Waals surface area (Å²) < 4.78 is 11.0. The number of hydrogen-bond acceptors (Lipinski definition) is 8. The van der Waals surface area contributed by atoms with E-state index in [0.29, 0.717) is 29.3 Å². The molecule has 8 heteroatoms. The molecule has 2 aromatic carbocycles. The third kappa shape index (κ3) is 9.05. The Bertz CT molecular complexity index is 1240. The molecule has 1 atom stereocenters. The Morgan fingerprint density at radius 2 is 1.76 bits per heavy atom. The number of aliphatic hydroxyl groups excluding tert-OH is 1.